The third-order valence-electron chi connectivity index (χ3n) is 4.60. The lowest BCUT2D eigenvalue weighted by Gasteiger charge is -2.13. The number of amides is 1. The van der Waals surface area contributed by atoms with E-state index in [1.54, 1.807) is 0 Å². The van der Waals surface area contributed by atoms with Gasteiger partial charge in [-0.25, -0.2) is 4.98 Å². The number of benzene rings is 2. The summed E-state index contributed by atoms with van der Waals surface area (Å²) in [6, 6.07) is 12.9. The summed E-state index contributed by atoms with van der Waals surface area (Å²) in [7, 11) is 0. The molecule has 2 aromatic carbocycles. The van der Waals surface area contributed by atoms with Gasteiger partial charge in [0.1, 0.15) is 12.3 Å². The zero-order valence-corrected chi connectivity index (χ0v) is 17.2. The molecule has 1 aromatic heterocycles. The highest BCUT2D eigenvalue weighted by Crippen LogP contribution is 2.22. The molecule has 0 fully saturated rings. The lowest BCUT2D eigenvalue weighted by atomic mass is 10.1. The van der Waals surface area contributed by atoms with Crippen molar-refractivity contribution in [3.05, 3.63) is 75.8 Å². The van der Waals surface area contributed by atoms with E-state index >= 15 is 0 Å². The molecular formula is C23H25N3O3. The van der Waals surface area contributed by atoms with Crippen LogP contribution in [0.4, 0.5) is 5.69 Å². The fourth-order valence-corrected chi connectivity index (χ4v) is 3.30. The fourth-order valence-electron chi connectivity index (χ4n) is 3.30. The van der Waals surface area contributed by atoms with E-state index in [4.69, 9.17) is 4.74 Å². The quantitative estimate of drug-likeness (QED) is 0.692. The summed E-state index contributed by atoms with van der Waals surface area (Å²) < 4.78 is 6.72. The zero-order valence-electron chi connectivity index (χ0n) is 17.2. The molecule has 0 aliphatic rings. The molecule has 6 nitrogen and oxygen atoms in total. The second-order valence-corrected chi connectivity index (χ2v) is 7.02. The normalized spacial score (nSPS) is 10.6. The lowest BCUT2D eigenvalue weighted by Crippen LogP contribution is -2.28. The molecule has 0 atom stereocenters. The molecule has 1 amide bonds. The third-order valence-corrected chi connectivity index (χ3v) is 4.60. The van der Waals surface area contributed by atoms with E-state index < -0.39 is 0 Å². The van der Waals surface area contributed by atoms with Crippen LogP contribution in [0.15, 0.2) is 53.6 Å². The first-order valence-electron chi connectivity index (χ1n) is 9.54. The molecule has 6 heteroatoms. The lowest BCUT2D eigenvalue weighted by molar-refractivity contribution is -0.116. The Balaban J connectivity index is 1.74. The summed E-state index contributed by atoms with van der Waals surface area (Å²) in [5, 5.41) is 2.91. The van der Waals surface area contributed by atoms with Crippen LogP contribution in [0.25, 0.3) is 11.3 Å². The van der Waals surface area contributed by atoms with Crippen LogP contribution in [0.2, 0.25) is 0 Å². The van der Waals surface area contributed by atoms with E-state index in [1.807, 2.05) is 64.1 Å². The molecule has 0 saturated heterocycles. The maximum absolute atomic E-state index is 12.5. The van der Waals surface area contributed by atoms with Crippen molar-refractivity contribution in [1.29, 1.82) is 0 Å². The van der Waals surface area contributed by atoms with Crippen LogP contribution in [0.5, 0.6) is 5.75 Å². The highest BCUT2D eigenvalue weighted by molar-refractivity contribution is 5.92. The number of aromatic nitrogens is 2. The predicted octanol–water partition coefficient (Wildman–Crippen LogP) is 3.87. The van der Waals surface area contributed by atoms with Crippen molar-refractivity contribution in [3.63, 3.8) is 0 Å². The van der Waals surface area contributed by atoms with Gasteiger partial charge in [-0.15, -0.1) is 0 Å². The Hall–Kier alpha value is -3.41. The van der Waals surface area contributed by atoms with Crippen LogP contribution >= 0.6 is 0 Å². The minimum absolute atomic E-state index is 0.0951. The van der Waals surface area contributed by atoms with Gasteiger partial charge in [-0.05, 0) is 63.1 Å². The first kappa shape index (κ1) is 20.3. The Bertz CT molecular complexity index is 1060. The number of carbonyl (C=O) groups is 1. The number of anilines is 1. The van der Waals surface area contributed by atoms with Gasteiger partial charge in [-0.1, -0.05) is 17.7 Å². The average molecular weight is 391 g/mol. The summed E-state index contributed by atoms with van der Waals surface area (Å²) in [6.45, 7) is 8.35. The Morgan fingerprint density at radius 2 is 1.72 bits per heavy atom. The van der Waals surface area contributed by atoms with Crippen molar-refractivity contribution in [1.82, 2.24) is 9.55 Å². The molecule has 0 bridgehead atoms. The number of nitrogens with zero attached hydrogens (tertiary/aromatic N) is 2. The highest BCUT2D eigenvalue weighted by atomic mass is 16.5. The van der Waals surface area contributed by atoms with E-state index in [2.05, 4.69) is 10.3 Å². The fraction of sp³-hybridized carbons (Fsp3) is 0.261. The summed E-state index contributed by atoms with van der Waals surface area (Å²) >= 11 is 0. The second kappa shape index (κ2) is 8.73. The van der Waals surface area contributed by atoms with E-state index in [0.29, 0.717) is 12.3 Å². The molecule has 1 N–H and O–H groups in total. The monoisotopic (exact) mass is 391 g/mol. The molecule has 0 saturated carbocycles. The standard InChI is InChI=1S/C23H25N3O3/c1-5-29-19-8-6-18(7-9-19)20-12-22(28)26(14-24-20)13-21(27)25-23-16(3)10-15(2)11-17(23)4/h6-12,14H,5,13H2,1-4H3,(H,25,27). The summed E-state index contributed by atoms with van der Waals surface area (Å²) in [5.74, 6) is 0.501. The second-order valence-electron chi connectivity index (χ2n) is 7.02. The largest absolute Gasteiger partial charge is 0.494 e. The molecule has 29 heavy (non-hydrogen) atoms. The minimum Gasteiger partial charge on any atom is -0.494 e. The number of nitrogens with one attached hydrogen (secondary N) is 1. The molecule has 3 rings (SSSR count). The van der Waals surface area contributed by atoms with E-state index in [-0.39, 0.29) is 18.0 Å². The van der Waals surface area contributed by atoms with Gasteiger partial charge in [0.25, 0.3) is 5.56 Å². The average Bonchev–Trinajstić information content (AvgIpc) is 2.67. The van der Waals surface area contributed by atoms with Crippen LogP contribution in [0, 0.1) is 20.8 Å². The van der Waals surface area contributed by atoms with Gasteiger partial charge >= 0.3 is 0 Å². The summed E-state index contributed by atoms with van der Waals surface area (Å²) in [4.78, 5) is 29.3. The zero-order chi connectivity index (χ0) is 21.0. The van der Waals surface area contributed by atoms with Crippen molar-refractivity contribution in [2.45, 2.75) is 34.2 Å². The van der Waals surface area contributed by atoms with Crippen molar-refractivity contribution in [2.24, 2.45) is 0 Å². The molecule has 0 radical (unpaired) electrons. The first-order valence-corrected chi connectivity index (χ1v) is 9.54. The Kier molecular flexibility index (Phi) is 6.12. The predicted molar refractivity (Wildman–Crippen MR) is 114 cm³/mol. The van der Waals surface area contributed by atoms with Gasteiger partial charge in [0.2, 0.25) is 5.91 Å². The van der Waals surface area contributed by atoms with Gasteiger partial charge in [0.15, 0.2) is 0 Å². The van der Waals surface area contributed by atoms with Crippen LogP contribution in [-0.4, -0.2) is 22.1 Å². The van der Waals surface area contributed by atoms with Crippen LogP contribution in [-0.2, 0) is 11.3 Å². The molecule has 0 aliphatic carbocycles. The van der Waals surface area contributed by atoms with Gasteiger partial charge in [-0.2, -0.15) is 0 Å². The number of rotatable bonds is 6. The van der Waals surface area contributed by atoms with Gasteiger partial charge in [-0.3, -0.25) is 14.2 Å². The Morgan fingerprint density at radius 1 is 1.07 bits per heavy atom. The Labute approximate surface area is 170 Å². The number of aryl methyl sites for hydroxylation is 3. The number of hydrogen-bond acceptors (Lipinski definition) is 4. The van der Waals surface area contributed by atoms with Crippen molar-refractivity contribution >= 4 is 11.6 Å². The van der Waals surface area contributed by atoms with Gasteiger partial charge in [0, 0.05) is 17.3 Å². The van der Waals surface area contributed by atoms with Gasteiger partial charge in [0.05, 0.1) is 18.6 Å². The smallest absolute Gasteiger partial charge is 0.254 e. The maximum atomic E-state index is 12.5. The summed E-state index contributed by atoms with van der Waals surface area (Å²) in [5.41, 5.74) is 5.00. The van der Waals surface area contributed by atoms with Crippen LogP contribution in [0.1, 0.15) is 23.6 Å². The molecule has 0 spiro atoms. The topological polar surface area (TPSA) is 73.2 Å². The van der Waals surface area contributed by atoms with E-state index in [9.17, 15) is 9.59 Å². The molecule has 3 aromatic rings. The SMILES string of the molecule is CCOc1ccc(-c2cc(=O)n(CC(=O)Nc3c(C)cc(C)cc3C)cn2)cc1. The Morgan fingerprint density at radius 3 is 2.31 bits per heavy atom. The minimum atomic E-state index is -0.281. The molecule has 0 unspecified atom stereocenters. The maximum Gasteiger partial charge on any atom is 0.254 e. The van der Waals surface area contributed by atoms with Crippen molar-refractivity contribution < 1.29 is 9.53 Å². The summed E-state index contributed by atoms with van der Waals surface area (Å²) in [6.07, 6.45) is 1.41. The van der Waals surface area contributed by atoms with Gasteiger partial charge < -0.3 is 10.1 Å². The molecule has 150 valence electrons. The van der Waals surface area contributed by atoms with Crippen LogP contribution < -0.4 is 15.6 Å². The third kappa shape index (κ3) is 4.90. The number of hydrogen-bond donors (Lipinski definition) is 1. The van der Waals surface area contributed by atoms with Crippen LogP contribution in [0.3, 0.4) is 0 Å². The molecular weight excluding hydrogens is 366 g/mol. The number of carbonyl (C=O) groups excluding carboxylic acids is 1. The van der Waals surface area contributed by atoms with Crippen molar-refractivity contribution in [2.75, 3.05) is 11.9 Å². The van der Waals surface area contributed by atoms with E-state index in [1.165, 1.54) is 17.0 Å². The number of ether oxygens (including phenoxy) is 1. The molecule has 0 aliphatic heterocycles. The van der Waals surface area contributed by atoms with Crippen molar-refractivity contribution in [3.8, 4) is 17.0 Å². The van der Waals surface area contributed by atoms with E-state index in [0.717, 1.165) is 33.7 Å². The highest BCUT2D eigenvalue weighted by Gasteiger charge is 2.11. The first-order chi connectivity index (χ1) is 13.9. The molecule has 1 heterocycles.